The van der Waals surface area contributed by atoms with E-state index in [0.29, 0.717) is 0 Å². The molecule has 60 valence electrons. The first-order valence-electron chi connectivity index (χ1n) is 2.86. The molecule has 0 fully saturated rings. The van der Waals surface area contributed by atoms with E-state index in [1.54, 1.807) is 0 Å². The largest absolute Gasteiger partial charge is 0.463 e. The zero-order valence-corrected chi connectivity index (χ0v) is 5.60. The summed E-state index contributed by atoms with van der Waals surface area (Å²) in [6, 6.07) is 1.42. The van der Waals surface area contributed by atoms with Gasteiger partial charge in [0.25, 0.3) is 0 Å². The number of carboxylic acid groups (broad SMARTS) is 1. The van der Waals surface area contributed by atoms with Crippen LogP contribution in [-0.2, 0) is 0 Å². The standard InChI is InChI=1S/C5H7N3O3/c6-3-11-4-1-2-8(7-4)5(9)10/h1-2H,3,6H2,(H,9,10). The molecule has 6 nitrogen and oxygen atoms in total. The van der Waals surface area contributed by atoms with Crippen molar-refractivity contribution < 1.29 is 14.6 Å². The number of nitrogens with two attached hydrogens (primary N) is 1. The zero-order chi connectivity index (χ0) is 8.27. The maximum absolute atomic E-state index is 10.2. The molecular weight excluding hydrogens is 150 g/mol. The molecule has 0 aromatic carbocycles. The molecule has 1 aromatic rings. The quantitative estimate of drug-likeness (QED) is 0.575. The van der Waals surface area contributed by atoms with Crippen LogP contribution in [0.5, 0.6) is 5.88 Å². The summed E-state index contributed by atoms with van der Waals surface area (Å²) in [4.78, 5) is 10.2. The summed E-state index contributed by atoms with van der Waals surface area (Å²) < 4.78 is 5.46. The lowest BCUT2D eigenvalue weighted by atomic mass is 10.7. The van der Waals surface area contributed by atoms with Gasteiger partial charge in [0, 0.05) is 12.3 Å². The molecule has 0 aliphatic heterocycles. The Morgan fingerprint density at radius 1 is 1.91 bits per heavy atom. The third-order valence-corrected chi connectivity index (χ3v) is 0.992. The van der Waals surface area contributed by atoms with Crippen LogP contribution in [0.2, 0.25) is 0 Å². The van der Waals surface area contributed by atoms with Gasteiger partial charge in [-0.05, 0) is 0 Å². The van der Waals surface area contributed by atoms with E-state index >= 15 is 0 Å². The molecule has 0 saturated heterocycles. The molecular formula is C5H7N3O3. The minimum absolute atomic E-state index is 0.0172. The van der Waals surface area contributed by atoms with Gasteiger partial charge >= 0.3 is 6.09 Å². The van der Waals surface area contributed by atoms with Gasteiger partial charge in [-0.1, -0.05) is 0 Å². The molecule has 0 bridgehead atoms. The van der Waals surface area contributed by atoms with E-state index < -0.39 is 6.09 Å². The summed E-state index contributed by atoms with van der Waals surface area (Å²) in [5.41, 5.74) is 5.03. The van der Waals surface area contributed by atoms with Gasteiger partial charge in [0.2, 0.25) is 5.88 Å². The van der Waals surface area contributed by atoms with Gasteiger partial charge in [-0.25, -0.2) is 4.79 Å². The lowest BCUT2D eigenvalue weighted by Crippen LogP contribution is -2.10. The van der Waals surface area contributed by atoms with Crippen LogP contribution in [0.25, 0.3) is 0 Å². The predicted molar refractivity (Wildman–Crippen MR) is 35.3 cm³/mol. The zero-order valence-electron chi connectivity index (χ0n) is 5.60. The maximum Gasteiger partial charge on any atom is 0.432 e. The number of hydrogen-bond donors (Lipinski definition) is 2. The van der Waals surface area contributed by atoms with E-state index in [1.807, 2.05) is 0 Å². The van der Waals surface area contributed by atoms with Crippen molar-refractivity contribution >= 4 is 6.09 Å². The molecule has 1 heterocycles. The highest BCUT2D eigenvalue weighted by Crippen LogP contribution is 2.03. The molecule has 0 aliphatic carbocycles. The Labute approximate surface area is 62.2 Å². The first-order valence-corrected chi connectivity index (χ1v) is 2.86. The Morgan fingerprint density at radius 3 is 3.09 bits per heavy atom. The Balaban J connectivity index is 2.73. The Kier molecular flexibility index (Phi) is 2.07. The normalized spacial score (nSPS) is 9.55. The lowest BCUT2D eigenvalue weighted by Gasteiger charge is -1.94. The van der Waals surface area contributed by atoms with Crippen LogP contribution in [0.4, 0.5) is 4.79 Å². The van der Waals surface area contributed by atoms with Gasteiger partial charge in [0.15, 0.2) is 0 Å². The fraction of sp³-hybridized carbons (Fsp3) is 0.200. The molecule has 1 rings (SSSR count). The van der Waals surface area contributed by atoms with E-state index in [4.69, 9.17) is 15.6 Å². The highest BCUT2D eigenvalue weighted by Gasteiger charge is 2.03. The van der Waals surface area contributed by atoms with Crippen LogP contribution in [-0.4, -0.2) is 27.7 Å². The fourth-order valence-electron chi connectivity index (χ4n) is 0.576. The minimum Gasteiger partial charge on any atom is -0.463 e. The van der Waals surface area contributed by atoms with Crippen molar-refractivity contribution in [3.05, 3.63) is 12.3 Å². The molecule has 3 N–H and O–H groups in total. The van der Waals surface area contributed by atoms with E-state index in [2.05, 4.69) is 5.10 Å². The van der Waals surface area contributed by atoms with Crippen LogP contribution >= 0.6 is 0 Å². The number of carbonyl (C=O) groups is 1. The van der Waals surface area contributed by atoms with Gasteiger partial charge in [-0.2, -0.15) is 4.68 Å². The van der Waals surface area contributed by atoms with Crippen molar-refractivity contribution in [3.8, 4) is 5.88 Å². The highest BCUT2D eigenvalue weighted by molar-refractivity contribution is 5.66. The van der Waals surface area contributed by atoms with E-state index in [9.17, 15) is 4.79 Å². The number of ether oxygens (including phenoxy) is 1. The van der Waals surface area contributed by atoms with Gasteiger partial charge in [0.05, 0.1) is 0 Å². The minimum atomic E-state index is -1.16. The van der Waals surface area contributed by atoms with Crippen molar-refractivity contribution in [1.29, 1.82) is 0 Å². The summed E-state index contributed by atoms with van der Waals surface area (Å²) >= 11 is 0. The predicted octanol–water partition coefficient (Wildman–Crippen LogP) is -0.296. The Hall–Kier alpha value is -1.56. The van der Waals surface area contributed by atoms with E-state index in [1.165, 1.54) is 12.3 Å². The average molecular weight is 157 g/mol. The number of rotatable bonds is 2. The summed E-state index contributed by atoms with van der Waals surface area (Å²) in [5, 5.41) is 11.9. The maximum atomic E-state index is 10.2. The summed E-state index contributed by atoms with van der Waals surface area (Å²) in [6.07, 6.45) is 0.115. The van der Waals surface area contributed by atoms with Crippen molar-refractivity contribution in [3.63, 3.8) is 0 Å². The van der Waals surface area contributed by atoms with Crippen molar-refractivity contribution in [2.45, 2.75) is 0 Å². The summed E-state index contributed by atoms with van der Waals surface area (Å²) in [7, 11) is 0. The topological polar surface area (TPSA) is 90.4 Å². The number of aromatic nitrogens is 2. The molecule has 1 aromatic heterocycles. The molecule has 6 heteroatoms. The van der Waals surface area contributed by atoms with Crippen molar-refractivity contribution in [2.75, 3.05) is 6.73 Å². The second-order valence-corrected chi connectivity index (χ2v) is 1.69. The fourth-order valence-corrected chi connectivity index (χ4v) is 0.576. The number of hydrogen-bond acceptors (Lipinski definition) is 4. The Morgan fingerprint density at radius 2 is 2.64 bits per heavy atom. The monoisotopic (exact) mass is 157 g/mol. The van der Waals surface area contributed by atoms with Crippen LogP contribution in [0, 0.1) is 0 Å². The Bertz CT molecular complexity index is 257. The second-order valence-electron chi connectivity index (χ2n) is 1.69. The second kappa shape index (κ2) is 3.02. The van der Waals surface area contributed by atoms with Gasteiger partial charge in [-0.3, -0.25) is 5.73 Å². The number of nitrogens with zero attached hydrogens (tertiary/aromatic N) is 2. The molecule has 0 aliphatic rings. The van der Waals surface area contributed by atoms with Crippen molar-refractivity contribution in [1.82, 2.24) is 9.78 Å². The van der Waals surface area contributed by atoms with E-state index in [0.717, 1.165) is 4.68 Å². The molecule has 0 saturated carbocycles. The molecule has 11 heavy (non-hydrogen) atoms. The van der Waals surface area contributed by atoms with Crippen LogP contribution in [0.3, 0.4) is 0 Å². The highest BCUT2D eigenvalue weighted by atomic mass is 16.5. The molecule has 0 unspecified atom stereocenters. The molecule has 0 spiro atoms. The van der Waals surface area contributed by atoms with Gasteiger partial charge < -0.3 is 9.84 Å². The van der Waals surface area contributed by atoms with Crippen molar-refractivity contribution in [2.24, 2.45) is 5.73 Å². The van der Waals surface area contributed by atoms with Crippen LogP contribution in [0.1, 0.15) is 0 Å². The third-order valence-electron chi connectivity index (χ3n) is 0.992. The lowest BCUT2D eigenvalue weighted by molar-refractivity contribution is 0.191. The molecule has 0 radical (unpaired) electrons. The summed E-state index contributed by atoms with van der Waals surface area (Å²) in [5.74, 6) is 0.204. The smallest absolute Gasteiger partial charge is 0.432 e. The van der Waals surface area contributed by atoms with Crippen LogP contribution < -0.4 is 10.5 Å². The molecule has 0 amide bonds. The third kappa shape index (κ3) is 1.68. The van der Waals surface area contributed by atoms with Crippen LogP contribution in [0.15, 0.2) is 12.3 Å². The first kappa shape index (κ1) is 7.55. The molecule has 0 atom stereocenters. The SMILES string of the molecule is NCOc1ccn(C(=O)O)n1. The van der Waals surface area contributed by atoms with Gasteiger partial charge in [-0.15, -0.1) is 5.10 Å². The average Bonchev–Trinajstić information content (AvgIpc) is 2.37. The van der Waals surface area contributed by atoms with E-state index in [-0.39, 0.29) is 12.6 Å². The van der Waals surface area contributed by atoms with Gasteiger partial charge in [0.1, 0.15) is 6.73 Å². The summed E-state index contributed by atoms with van der Waals surface area (Å²) in [6.45, 7) is -0.0172. The first-order chi connectivity index (χ1) is 5.24.